The highest BCUT2D eigenvalue weighted by Crippen LogP contribution is 2.34. The quantitative estimate of drug-likeness (QED) is 0.365. The Morgan fingerprint density at radius 3 is 2.43 bits per heavy atom. The van der Waals surface area contributed by atoms with Crippen LogP contribution in [0.5, 0.6) is 11.5 Å². The van der Waals surface area contributed by atoms with Gasteiger partial charge >= 0.3 is 0 Å². The molecule has 1 aromatic carbocycles. The number of nitrogens with zero attached hydrogens (tertiary/aromatic N) is 2. The molecule has 0 unspecified atom stereocenters. The van der Waals surface area contributed by atoms with Crippen molar-refractivity contribution in [2.75, 3.05) is 53.8 Å². The van der Waals surface area contributed by atoms with Crippen molar-refractivity contribution in [2.45, 2.75) is 30.6 Å². The number of fused-ring (bicyclic) bond motifs is 1. The van der Waals surface area contributed by atoms with Gasteiger partial charge in [0.15, 0.2) is 17.5 Å². The van der Waals surface area contributed by atoms with Crippen LogP contribution in [0.25, 0.3) is 0 Å². The number of nitrogens with one attached hydrogen (secondary N) is 1. The van der Waals surface area contributed by atoms with Gasteiger partial charge in [0.1, 0.15) is 0 Å². The number of hydrogen-bond acceptors (Lipinski definition) is 5. The number of hydrogen-bond donors (Lipinski definition) is 1. The molecule has 0 bridgehead atoms. The summed E-state index contributed by atoms with van der Waals surface area (Å²) >= 11 is 1.94. The Labute approximate surface area is 189 Å². The van der Waals surface area contributed by atoms with Crippen LogP contribution in [0.2, 0.25) is 0 Å². The van der Waals surface area contributed by atoms with Crippen LogP contribution in [0.1, 0.15) is 24.0 Å². The fraction of sp³-hybridized carbons (Fsp3) is 0.650. The molecule has 3 rings (SSSR count). The van der Waals surface area contributed by atoms with Gasteiger partial charge in [0.2, 0.25) is 0 Å². The molecule has 0 atom stereocenters. The van der Waals surface area contributed by atoms with E-state index >= 15 is 0 Å². The molecule has 0 aliphatic carbocycles. The van der Waals surface area contributed by atoms with Gasteiger partial charge in [-0.15, -0.1) is 24.0 Å². The molecule has 1 saturated heterocycles. The molecule has 1 N–H and O–H groups in total. The van der Waals surface area contributed by atoms with Gasteiger partial charge in [0.05, 0.1) is 14.2 Å². The third-order valence-electron chi connectivity index (χ3n) is 5.64. The fourth-order valence-corrected chi connectivity index (χ4v) is 4.62. The summed E-state index contributed by atoms with van der Waals surface area (Å²) < 4.78 is 16.7. The lowest BCUT2D eigenvalue weighted by Crippen LogP contribution is -2.50. The third kappa shape index (κ3) is 5.18. The summed E-state index contributed by atoms with van der Waals surface area (Å²) in [6.45, 7) is 4.38. The van der Waals surface area contributed by atoms with Crippen LogP contribution in [0.15, 0.2) is 17.1 Å². The van der Waals surface area contributed by atoms with Gasteiger partial charge in [0, 0.05) is 44.6 Å². The molecular weight excluding hydrogens is 489 g/mol. The fourth-order valence-electron chi connectivity index (χ4n) is 3.83. The molecule has 158 valence electrons. The molecule has 0 spiro atoms. The van der Waals surface area contributed by atoms with E-state index in [1.807, 2.05) is 18.8 Å². The number of methoxy groups -OCH3 is 2. The zero-order valence-corrected chi connectivity index (χ0v) is 20.4. The van der Waals surface area contributed by atoms with Crippen molar-refractivity contribution in [3.63, 3.8) is 0 Å². The predicted octanol–water partition coefficient (Wildman–Crippen LogP) is 3.17. The van der Waals surface area contributed by atoms with Gasteiger partial charge in [-0.2, -0.15) is 11.8 Å². The monoisotopic (exact) mass is 521 g/mol. The minimum Gasteiger partial charge on any atom is -0.493 e. The topological polar surface area (TPSA) is 55.3 Å². The first-order valence-corrected chi connectivity index (χ1v) is 10.7. The molecule has 0 radical (unpaired) electrons. The highest BCUT2D eigenvalue weighted by atomic mass is 127. The molecule has 2 aliphatic rings. The molecule has 1 aromatic rings. The Morgan fingerprint density at radius 1 is 1.21 bits per heavy atom. The van der Waals surface area contributed by atoms with E-state index in [-0.39, 0.29) is 28.7 Å². The first-order chi connectivity index (χ1) is 13.1. The van der Waals surface area contributed by atoms with E-state index in [1.165, 1.54) is 11.1 Å². The van der Waals surface area contributed by atoms with Crippen molar-refractivity contribution in [1.82, 2.24) is 10.2 Å². The van der Waals surface area contributed by atoms with E-state index in [0.29, 0.717) is 0 Å². The van der Waals surface area contributed by atoms with Gasteiger partial charge in [-0.25, -0.2) is 0 Å². The van der Waals surface area contributed by atoms with Crippen LogP contribution >= 0.6 is 35.7 Å². The average molecular weight is 521 g/mol. The molecular formula is C20H32IN3O3S. The zero-order chi connectivity index (χ0) is 19.3. The second-order valence-corrected chi connectivity index (χ2v) is 8.32. The summed E-state index contributed by atoms with van der Waals surface area (Å²) in [5, 5.41) is 3.63. The first-order valence-electron chi connectivity index (χ1n) is 9.47. The first kappa shape index (κ1) is 23.4. The van der Waals surface area contributed by atoms with Gasteiger partial charge < -0.3 is 24.4 Å². The Hall–Kier alpha value is -0.870. The Kier molecular flexibility index (Phi) is 9.01. The van der Waals surface area contributed by atoms with Crippen LogP contribution in [-0.4, -0.2) is 69.4 Å². The molecule has 0 amide bonds. The minimum absolute atomic E-state index is 0. The summed E-state index contributed by atoms with van der Waals surface area (Å²) in [6, 6.07) is 4.20. The highest BCUT2D eigenvalue weighted by molar-refractivity contribution is 14.0. The van der Waals surface area contributed by atoms with Crippen LogP contribution in [0.4, 0.5) is 0 Å². The molecule has 2 aliphatic heterocycles. The van der Waals surface area contributed by atoms with E-state index in [4.69, 9.17) is 14.2 Å². The van der Waals surface area contributed by atoms with E-state index in [9.17, 15) is 0 Å². The van der Waals surface area contributed by atoms with Crippen molar-refractivity contribution in [2.24, 2.45) is 4.99 Å². The molecule has 28 heavy (non-hydrogen) atoms. The largest absolute Gasteiger partial charge is 0.493 e. The predicted molar refractivity (Wildman–Crippen MR) is 127 cm³/mol. The zero-order valence-electron chi connectivity index (χ0n) is 17.2. The SMILES string of the molecule is CN=C(NCC1(SC)CCOCC1)N1CCc2cc(OC)c(OC)cc2C1.I. The van der Waals surface area contributed by atoms with Gasteiger partial charge in [0.25, 0.3) is 0 Å². The van der Waals surface area contributed by atoms with E-state index < -0.39 is 0 Å². The Balaban J connectivity index is 0.00000280. The third-order valence-corrected chi connectivity index (χ3v) is 7.05. The summed E-state index contributed by atoms with van der Waals surface area (Å²) in [5.74, 6) is 2.55. The number of benzene rings is 1. The number of thioether (sulfide) groups is 1. The highest BCUT2D eigenvalue weighted by Gasteiger charge is 2.32. The lowest BCUT2D eigenvalue weighted by atomic mass is 9.98. The maximum atomic E-state index is 5.55. The van der Waals surface area contributed by atoms with Crippen LogP contribution < -0.4 is 14.8 Å². The summed E-state index contributed by atoms with van der Waals surface area (Å²) in [4.78, 5) is 6.87. The summed E-state index contributed by atoms with van der Waals surface area (Å²) in [6.07, 6.45) is 5.33. The summed E-state index contributed by atoms with van der Waals surface area (Å²) in [7, 11) is 5.23. The van der Waals surface area contributed by atoms with Gasteiger partial charge in [-0.05, 0) is 48.8 Å². The maximum absolute atomic E-state index is 5.55. The molecule has 0 saturated carbocycles. The Morgan fingerprint density at radius 2 is 1.86 bits per heavy atom. The molecule has 0 aromatic heterocycles. The van der Waals surface area contributed by atoms with E-state index in [1.54, 1.807) is 14.2 Å². The van der Waals surface area contributed by atoms with Crippen molar-refractivity contribution in [1.29, 1.82) is 0 Å². The van der Waals surface area contributed by atoms with Crippen LogP contribution in [-0.2, 0) is 17.7 Å². The molecule has 1 fully saturated rings. The second-order valence-electron chi connectivity index (χ2n) is 7.05. The standard InChI is InChI=1S/C20H31N3O3S.HI/c1-21-19(22-14-20(27-4)6-9-26-10-7-20)23-8-5-15-11-17(24-2)18(25-3)12-16(15)13-23;/h11-12H,5-10,13-14H2,1-4H3,(H,21,22);1H. The van der Waals surface area contributed by atoms with E-state index in [0.717, 1.165) is 69.6 Å². The lowest BCUT2D eigenvalue weighted by molar-refractivity contribution is 0.0781. The normalized spacial score (nSPS) is 18.7. The molecule has 8 heteroatoms. The smallest absolute Gasteiger partial charge is 0.194 e. The Bertz CT molecular complexity index is 681. The maximum Gasteiger partial charge on any atom is 0.194 e. The van der Waals surface area contributed by atoms with Crippen molar-refractivity contribution in [3.05, 3.63) is 23.3 Å². The summed E-state index contributed by atoms with van der Waals surface area (Å²) in [5.41, 5.74) is 2.59. The number of ether oxygens (including phenoxy) is 3. The number of halogens is 1. The molecule has 6 nitrogen and oxygen atoms in total. The number of rotatable bonds is 5. The van der Waals surface area contributed by atoms with Crippen molar-refractivity contribution in [3.8, 4) is 11.5 Å². The van der Waals surface area contributed by atoms with Gasteiger partial charge in [-0.3, -0.25) is 4.99 Å². The van der Waals surface area contributed by atoms with Crippen LogP contribution in [0, 0.1) is 0 Å². The number of guanidine groups is 1. The van der Waals surface area contributed by atoms with Crippen molar-refractivity contribution < 1.29 is 14.2 Å². The van der Waals surface area contributed by atoms with E-state index in [2.05, 4.69) is 33.6 Å². The van der Waals surface area contributed by atoms with Crippen molar-refractivity contribution >= 4 is 41.7 Å². The lowest BCUT2D eigenvalue weighted by Gasteiger charge is -2.38. The average Bonchev–Trinajstić information content (AvgIpc) is 2.73. The minimum atomic E-state index is 0. The second kappa shape index (κ2) is 10.8. The van der Waals surface area contributed by atoms with Crippen LogP contribution in [0.3, 0.4) is 0 Å². The van der Waals surface area contributed by atoms with Gasteiger partial charge in [-0.1, -0.05) is 0 Å². The molecule has 2 heterocycles. The number of aliphatic imine (C=N–C) groups is 1.